The van der Waals surface area contributed by atoms with Gasteiger partial charge >= 0.3 is 12.4 Å². The van der Waals surface area contributed by atoms with Crippen molar-refractivity contribution in [3.63, 3.8) is 0 Å². The number of rotatable bonds is 5. The Morgan fingerprint density at radius 3 is 2.19 bits per heavy atom. The molecule has 2 aromatic rings. The number of piperazine rings is 1. The van der Waals surface area contributed by atoms with Gasteiger partial charge in [-0.05, 0) is 49.1 Å². The number of benzene rings is 2. The molecule has 196 valence electrons. The lowest BCUT2D eigenvalue weighted by Gasteiger charge is -2.55. The van der Waals surface area contributed by atoms with Crippen molar-refractivity contribution in [1.29, 1.82) is 0 Å². The van der Waals surface area contributed by atoms with Gasteiger partial charge in [-0.25, -0.2) is 0 Å². The van der Waals surface area contributed by atoms with E-state index in [0.717, 1.165) is 17.7 Å². The van der Waals surface area contributed by atoms with Gasteiger partial charge in [0.15, 0.2) is 0 Å². The molecule has 2 fully saturated rings. The van der Waals surface area contributed by atoms with Crippen LogP contribution >= 0.6 is 0 Å². The number of fused-ring (bicyclic) bond motifs is 2. The summed E-state index contributed by atoms with van der Waals surface area (Å²) in [5.74, 6) is 0.0155. The molecule has 4 atom stereocenters. The Balaban J connectivity index is 1.62. The average Bonchev–Trinajstić information content (AvgIpc) is 2.83. The summed E-state index contributed by atoms with van der Waals surface area (Å²) < 4.78 is 86.1. The molecule has 0 N–H and O–H groups in total. The molecule has 10 heteroatoms. The maximum absolute atomic E-state index is 13.3. The maximum atomic E-state index is 13.3. The summed E-state index contributed by atoms with van der Waals surface area (Å²) in [5, 5.41) is 0. The number of amides is 1. The van der Waals surface area contributed by atoms with Crippen molar-refractivity contribution < 1.29 is 35.9 Å². The molecule has 0 radical (unpaired) electrons. The standard InChI is InChI=1S/C26H28F6N2O2/c1-17(19-12-21(25(27,28)29)14-22(13-19)26(30,31)32)36-16-24(20-6-4-3-5-7-20)9-8-23-15-33(24)10-11-34(23)18(2)35/h3-7,12-14,17,23H,8-11,15-16H2,1-2H3/t17-,23+,24-/m1/s1. The van der Waals surface area contributed by atoms with Gasteiger partial charge in [0.2, 0.25) is 5.91 Å². The zero-order chi connectivity index (χ0) is 26.3. The van der Waals surface area contributed by atoms with Crippen molar-refractivity contribution in [3.8, 4) is 0 Å². The van der Waals surface area contributed by atoms with Crippen LogP contribution in [0.15, 0.2) is 48.5 Å². The predicted molar refractivity (Wildman–Crippen MR) is 121 cm³/mol. The van der Waals surface area contributed by atoms with Crippen LogP contribution in [0.5, 0.6) is 0 Å². The first kappa shape index (κ1) is 26.5. The van der Waals surface area contributed by atoms with E-state index >= 15 is 0 Å². The van der Waals surface area contributed by atoms with Crippen molar-refractivity contribution in [1.82, 2.24) is 9.80 Å². The van der Waals surface area contributed by atoms with Crippen molar-refractivity contribution in [2.45, 2.75) is 56.7 Å². The monoisotopic (exact) mass is 514 g/mol. The SMILES string of the molecule is CC(=O)N1CCN2C[C@@H]1CC[C@@]2(CO[C@H](C)c1cc(C(F)(F)F)cc(C(F)(F)F)c1)c1ccccc1. The number of carbonyl (C=O) groups is 1. The van der Waals surface area contributed by atoms with E-state index in [4.69, 9.17) is 4.74 Å². The number of carbonyl (C=O) groups excluding carboxylic acids is 1. The Bertz CT molecular complexity index is 1060. The van der Waals surface area contributed by atoms with Gasteiger partial charge in [0.25, 0.3) is 0 Å². The van der Waals surface area contributed by atoms with Crippen molar-refractivity contribution in [2.75, 3.05) is 26.2 Å². The van der Waals surface area contributed by atoms with Crippen molar-refractivity contribution >= 4 is 5.91 Å². The molecule has 4 nitrogen and oxygen atoms in total. The molecule has 2 saturated heterocycles. The fourth-order valence-corrected chi connectivity index (χ4v) is 5.36. The summed E-state index contributed by atoms with van der Waals surface area (Å²) in [6.07, 6.45) is -9.50. The number of piperidine rings is 1. The molecule has 2 heterocycles. The van der Waals surface area contributed by atoms with Crippen LogP contribution in [0.2, 0.25) is 0 Å². The molecule has 2 aliphatic heterocycles. The molecule has 2 bridgehead atoms. The summed E-state index contributed by atoms with van der Waals surface area (Å²) >= 11 is 0. The number of halogens is 6. The van der Waals surface area contributed by atoms with Crippen LogP contribution in [0.3, 0.4) is 0 Å². The number of hydrogen-bond acceptors (Lipinski definition) is 3. The highest BCUT2D eigenvalue weighted by Crippen LogP contribution is 2.43. The van der Waals surface area contributed by atoms with Gasteiger partial charge in [0.05, 0.1) is 29.4 Å². The van der Waals surface area contributed by atoms with Crippen LogP contribution in [-0.4, -0.2) is 48.0 Å². The molecule has 0 saturated carbocycles. The predicted octanol–water partition coefficient (Wildman–Crippen LogP) is 6.02. The third-order valence-corrected chi connectivity index (χ3v) is 7.35. The molecule has 1 amide bonds. The highest BCUT2D eigenvalue weighted by atomic mass is 19.4. The van der Waals surface area contributed by atoms with Gasteiger partial charge in [0.1, 0.15) is 0 Å². The van der Waals surface area contributed by atoms with Crippen LogP contribution < -0.4 is 0 Å². The third kappa shape index (κ3) is 5.25. The summed E-state index contributed by atoms with van der Waals surface area (Å²) in [5.41, 5.74) is -2.55. The lowest BCUT2D eigenvalue weighted by molar-refractivity contribution is -0.144. The van der Waals surface area contributed by atoms with E-state index in [0.29, 0.717) is 32.5 Å². The molecule has 0 aliphatic carbocycles. The van der Waals surface area contributed by atoms with Gasteiger partial charge in [-0.1, -0.05) is 30.3 Å². The molecule has 4 rings (SSSR count). The first-order chi connectivity index (χ1) is 16.8. The second-order valence-electron chi connectivity index (χ2n) is 9.54. The summed E-state index contributed by atoms with van der Waals surface area (Å²) in [4.78, 5) is 16.1. The second-order valence-corrected chi connectivity index (χ2v) is 9.54. The van der Waals surface area contributed by atoms with Gasteiger partial charge in [-0.3, -0.25) is 9.69 Å². The smallest absolute Gasteiger partial charge is 0.372 e. The van der Waals surface area contributed by atoms with Crippen LogP contribution in [0, 0.1) is 0 Å². The van der Waals surface area contributed by atoms with Crippen LogP contribution in [0.4, 0.5) is 26.3 Å². The Morgan fingerprint density at radius 2 is 1.64 bits per heavy atom. The fraction of sp³-hybridized carbons (Fsp3) is 0.500. The molecule has 36 heavy (non-hydrogen) atoms. The number of hydrogen-bond donors (Lipinski definition) is 0. The summed E-state index contributed by atoms with van der Waals surface area (Å²) in [6, 6.07) is 11.2. The average molecular weight is 515 g/mol. The minimum atomic E-state index is -4.92. The first-order valence-corrected chi connectivity index (χ1v) is 11.8. The minimum Gasteiger partial charge on any atom is -0.372 e. The zero-order valence-electron chi connectivity index (χ0n) is 20.0. The molecular weight excluding hydrogens is 486 g/mol. The van der Waals surface area contributed by atoms with Crippen LogP contribution in [-0.2, 0) is 27.4 Å². The number of ether oxygens (including phenoxy) is 1. The van der Waals surface area contributed by atoms with Crippen molar-refractivity contribution in [3.05, 3.63) is 70.8 Å². The summed E-state index contributed by atoms with van der Waals surface area (Å²) in [6.45, 7) is 4.85. The highest BCUT2D eigenvalue weighted by Gasteiger charge is 2.47. The largest absolute Gasteiger partial charge is 0.416 e. The first-order valence-electron chi connectivity index (χ1n) is 11.8. The van der Waals surface area contributed by atoms with E-state index in [2.05, 4.69) is 4.90 Å². The Morgan fingerprint density at radius 1 is 1.03 bits per heavy atom. The topological polar surface area (TPSA) is 32.8 Å². The molecule has 0 aromatic heterocycles. The van der Waals surface area contributed by atoms with E-state index in [-0.39, 0.29) is 30.2 Å². The van der Waals surface area contributed by atoms with E-state index in [1.54, 1.807) is 6.92 Å². The lowest BCUT2D eigenvalue weighted by Crippen LogP contribution is -2.65. The second kappa shape index (κ2) is 9.70. The normalized spacial score (nSPS) is 25.5. The lowest BCUT2D eigenvalue weighted by atomic mass is 9.78. The van der Waals surface area contributed by atoms with E-state index in [1.807, 2.05) is 35.2 Å². The fourth-order valence-electron chi connectivity index (χ4n) is 5.36. The van der Waals surface area contributed by atoms with Gasteiger partial charge in [-0.2, -0.15) is 26.3 Å². The number of nitrogens with zero attached hydrogens (tertiary/aromatic N) is 2. The third-order valence-electron chi connectivity index (χ3n) is 7.35. The minimum absolute atomic E-state index is 0.0155. The van der Waals surface area contributed by atoms with Gasteiger partial charge in [0, 0.05) is 32.6 Å². The summed E-state index contributed by atoms with van der Waals surface area (Å²) in [7, 11) is 0. The maximum Gasteiger partial charge on any atom is 0.416 e. The zero-order valence-corrected chi connectivity index (χ0v) is 20.0. The van der Waals surface area contributed by atoms with Crippen LogP contribution in [0.25, 0.3) is 0 Å². The van der Waals surface area contributed by atoms with Crippen molar-refractivity contribution in [2.24, 2.45) is 0 Å². The van der Waals surface area contributed by atoms with E-state index < -0.39 is 35.1 Å². The number of alkyl halides is 6. The molecule has 1 unspecified atom stereocenters. The molecule has 0 spiro atoms. The van der Waals surface area contributed by atoms with E-state index in [9.17, 15) is 31.1 Å². The molecular formula is C26H28F6N2O2. The van der Waals surface area contributed by atoms with Gasteiger partial charge < -0.3 is 9.64 Å². The quantitative estimate of drug-likeness (QED) is 0.458. The molecule has 2 aliphatic rings. The molecule has 2 aromatic carbocycles. The van der Waals surface area contributed by atoms with E-state index in [1.165, 1.54) is 6.92 Å². The van der Waals surface area contributed by atoms with Gasteiger partial charge in [-0.15, -0.1) is 0 Å². The highest BCUT2D eigenvalue weighted by molar-refractivity contribution is 5.73. The van der Waals surface area contributed by atoms with Crippen LogP contribution in [0.1, 0.15) is 55.0 Å². The Kier molecular flexibility index (Phi) is 7.13. The Hall–Kier alpha value is -2.59. The Labute approximate surface area is 205 Å².